The topological polar surface area (TPSA) is 104 Å². The van der Waals surface area contributed by atoms with E-state index in [0.29, 0.717) is 0 Å². The molecule has 0 aliphatic carbocycles. The predicted octanol–water partition coefficient (Wildman–Crippen LogP) is 4.20. The molecule has 184 valence electrons. The average molecular weight is 508 g/mol. The first-order valence-corrected chi connectivity index (χ1v) is 10.1. The monoisotopic (exact) mass is 507 g/mol. The Bertz CT molecular complexity index is 1150. The minimum Gasteiger partial charge on any atom is -0.493 e. The smallest absolute Gasteiger partial charge is 0.417 e. The van der Waals surface area contributed by atoms with Crippen molar-refractivity contribution in [3.05, 3.63) is 52.3 Å². The molecule has 34 heavy (non-hydrogen) atoms. The van der Waals surface area contributed by atoms with Crippen LogP contribution in [-0.2, 0) is 9.53 Å². The van der Waals surface area contributed by atoms with Crippen LogP contribution in [0.3, 0.4) is 0 Å². The maximum absolute atomic E-state index is 14.5. The Labute approximate surface area is 195 Å². The number of anilines is 1. The first kappa shape index (κ1) is 25.6. The molecule has 3 rings (SSSR count). The summed E-state index contributed by atoms with van der Waals surface area (Å²) in [5, 5.41) is 1.64. The van der Waals surface area contributed by atoms with E-state index >= 15 is 0 Å². The second-order valence-corrected chi connectivity index (χ2v) is 8.26. The number of benzene rings is 1. The van der Waals surface area contributed by atoms with Gasteiger partial charge in [0.05, 0.1) is 12.1 Å². The van der Waals surface area contributed by atoms with Crippen LogP contribution >= 0.6 is 11.6 Å². The van der Waals surface area contributed by atoms with Crippen LogP contribution in [0.5, 0.6) is 5.75 Å². The number of methoxy groups -OCH3 is 1. The van der Waals surface area contributed by atoms with Crippen molar-refractivity contribution in [2.24, 2.45) is 11.7 Å². The fourth-order valence-electron chi connectivity index (χ4n) is 3.93. The number of halogens is 6. The van der Waals surface area contributed by atoms with Crippen molar-refractivity contribution in [2.75, 3.05) is 12.4 Å². The number of amides is 2. The Morgan fingerprint density at radius 3 is 2.47 bits per heavy atom. The Morgan fingerprint density at radius 1 is 1.26 bits per heavy atom. The quantitative estimate of drug-likeness (QED) is 0.466. The molecule has 3 N–H and O–H groups in total. The lowest BCUT2D eigenvalue weighted by molar-refractivity contribution is -0.272. The van der Waals surface area contributed by atoms with Gasteiger partial charge in [0.2, 0.25) is 5.82 Å². The molecule has 1 aromatic heterocycles. The van der Waals surface area contributed by atoms with Gasteiger partial charge in [-0.3, -0.25) is 14.6 Å². The van der Waals surface area contributed by atoms with E-state index in [1.165, 1.54) is 6.07 Å². The predicted molar refractivity (Wildman–Crippen MR) is 111 cm³/mol. The van der Waals surface area contributed by atoms with Crippen LogP contribution in [0.1, 0.15) is 35.8 Å². The fourth-order valence-corrected chi connectivity index (χ4v) is 4.13. The minimum absolute atomic E-state index is 0.000279. The molecule has 1 aromatic carbocycles. The number of nitrogens with two attached hydrogens (primary N) is 1. The van der Waals surface area contributed by atoms with Crippen LogP contribution in [0, 0.1) is 17.6 Å². The van der Waals surface area contributed by atoms with Gasteiger partial charge < -0.3 is 20.5 Å². The summed E-state index contributed by atoms with van der Waals surface area (Å²) in [5.41, 5.74) is 1.83. The highest BCUT2D eigenvalue weighted by Gasteiger charge is 2.66. The van der Waals surface area contributed by atoms with E-state index in [2.05, 4.69) is 10.3 Å². The number of ether oxygens (including phenoxy) is 2. The third-order valence-corrected chi connectivity index (χ3v) is 6.19. The number of nitrogens with one attached hydrogen (secondary N) is 1. The molecule has 0 radical (unpaired) electrons. The summed E-state index contributed by atoms with van der Waals surface area (Å²) < 4.78 is 80.7. The number of carbonyl (C=O) groups is 2. The highest BCUT2D eigenvalue weighted by molar-refractivity contribution is 6.30. The van der Waals surface area contributed by atoms with Crippen molar-refractivity contribution in [1.29, 1.82) is 0 Å². The van der Waals surface area contributed by atoms with E-state index in [9.17, 15) is 31.5 Å². The van der Waals surface area contributed by atoms with E-state index in [1.54, 1.807) is 0 Å². The SMILES string of the molecule is COc1c([C@H]2[C@@H](C(=O)Nc3ccnc(C(N)=O)c3)O[C@](C)(C(F)(F)F)[C@@H]2C)cc(Cl)c(F)c1F. The second kappa shape index (κ2) is 8.99. The molecule has 2 heterocycles. The van der Waals surface area contributed by atoms with Crippen LogP contribution in [0.2, 0.25) is 5.02 Å². The van der Waals surface area contributed by atoms with Crippen molar-refractivity contribution >= 4 is 29.1 Å². The van der Waals surface area contributed by atoms with Crippen LogP contribution in [-0.4, -0.2) is 41.8 Å². The van der Waals surface area contributed by atoms with Crippen LogP contribution in [0.4, 0.5) is 27.6 Å². The summed E-state index contributed by atoms with van der Waals surface area (Å²) in [6, 6.07) is 3.30. The van der Waals surface area contributed by atoms with Gasteiger partial charge in [-0.05, 0) is 25.1 Å². The molecule has 7 nitrogen and oxygen atoms in total. The van der Waals surface area contributed by atoms with E-state index in [0.717, 1.165) is 39.3 Å². The number of carbonyl (C=O) groups excluding carboxylic acids is 2. The highest BCUT2D eigenvalue weighted by Crippen LogP contribution is 2.55. The van der Waals surface area contributed by atoms with Gasteiger partial charge >= 0.3 is 6.18 Å². The number of rotatable bonds is 5. The molecule has 0 unspecified atom stereocenters. The fraction of sp³-hybridized carbons (Fsp3) is 0.381. The third-order valence-electron chi connectivity index (χ3n) is 5.92. The Morgan fingerprint density at radius 2 is 1.91 bits per heavy atom. The molecule has 2 aromatic rings. The molecule has 13 heteroatoms. The average Bonchev–Trinajstić information content (AvgIpc) is 3.04. The summed E-state index contributed by atoms with van der Waals surface area (Å²) >= 11 is 5.75. The van der Waals surface area contributed by atoms with E-state index in [-0.39, 0.29) is 16.9 Å². The molecule has 1 saturated heterocycles. The van der Waals surface area contributed by atoms with Crippen LogP contribution in [0.15, 0.2) is 24.4 Å². The summed E-state index contributed by atoms with van der Waals surface area (Å²) in [6.45, 7) is 1.92. The zero-order valence-corrected chi connectivity index (χ0v) is 18.7. The Hall–Kier alpha value is -2.99. The number of hydrogen-bond donors (Lipinski definition) is 2. The standard InChI is InChI=1S/C21H19ClF5N3O4/c1-8-13(10-7-11(22)14(23)15(24)16(10)33-3)17(34-20(8,2)21(25,26)27)19(32)30-9-4-5-29-12(6-9)18(28)31/h4-8,13,17H,1-3H3,(H2,28,31)(H,29,30,32)/t8-,13+,17+,20+/m1/s1. The normalized spacial score (nSPS) is 24.7. The molecule has 2 amide bonds. The zero-order valence-electron chi connectivity index (χ0n) is 18.0. The Balaban J connectivity index is 2.12. The molecule has 0 bridgehead atoms. The number of pyridine rings is 1. The minimum atomic E-state index is -4.93. The third kappa shape index (κ3) is 4.27. The lowest BCUT2D eigenvalue weighted by atomic mass is 9.77. The zero-order chi connectivity index (χ0) is 25.6. The number of aromatic nitrogens is 1. The molecule has 1 fully saturated rings. The molecule has 1 aliphatic rings. The van der Waals surface area contributed by atoms with Crippen molar-refractivity contribution in [3.63, 3.8) is 0 Å². The van der Waals surface area contributed by atoms with E-state index < -0.39 is 63.9 Å². The van der Waals surface area contributed by atoms with Crippen molar-refractivity contribution in [1.82, 2.24) is 4.98 Å². The van der Waals surface area contributed by atoms with Gasteiger partial charge in [0.25, 0.3) is 11.8 Å². The van der Waals surface area contributed by atoms with Crippen molar-refractivity contribution in [2.45, 2.75) is 37.6 Å². The molecule has 0 saturated carbocycles. The summed E-state index contributed by atoms with van der Waals surface area (Å²) in [5.74, 6) is -8.53. The van der Waals surface area contributed by atoms with Crippen molar-refractivity contribution < 1.29 is 41.0 Å². The maximum atomic E-state index is 14.5. The van der Waals surface area contributed by atoms with Gasteiger partial charge in [-0.2, -0.15) is 17.6 Å². The number of alkyl halides is 3. The maximum Gasteiger partial charge on any atom is 0.417 e. The highest BCUT2D eigenvalue weighted by atomic mass is 35.5. The molecule has 0 spiro atoms. The van der Waals surface area contributed by atoms with Gasteiger partial charge in [0, 0.05) is 29.3 Å². The van der Waals surface area contributed by atoms with Gasteiger partial charge in [-0.15, -0.1) is 0 Å². The summed E-state index contributed by atoms with van der Waals surface area (Å²) in [6.07, 6.45) is -5.60. The van der Waals surface area contributed by atoms with Crippen LogP contribution in [0.25, 0.3) is 0 Å². The summed E-state index contributed by atoms with van der Waals surface area (Å²) in [7, 11) is 0.996. The first-order valence-electron chi connectivity index (χ1n) is 9.75. The number of hydrogen-bond acceptors (Lipinski definition) is 5. The second-order valence-electron chi connectivity index (χ2n) is 7.85. The van der Waals surface area contributed by atoms with Gasteiger partial charge in [-0.25, -0.2) is 4.39 Å². The molecule has 1 aliphatic heterocycles. The van der Waals surface area contributed by atoms with E-state index in [1.807, 2.05) is 0 Å². The first-order chi connectivity index (χ1) is 15.7. The van der Waals surface area contributed by atoms with Gasteiger partial charge in [0.15, 0.2) is 17.2 Å². The number of nitrogens with zero attached hydrogens (tertiary/aromatic N) is 1. The Kier molecular flexibility index (Phi) is 6.78. The molecular formula is C21H19ClF5N3O4. The lowest BCUT2D eigenvalue weighted by Gasteiger charge is -2.32. The number of primary amides is 1. The molecule has 4 atom stereocenters. The largest absolute Gasteiger partial charge is 0.493 e. The summed E-state index contributed by atoms with van der Waals surface area (Å²) in [4.78, 5) is 28.1. The lowest BCUT2D eigenvalue weighted by Crippen LogP contribution is -2.47. The van der Waals surface area contributed by atoms with Gasteiger partial charge in [0.1, 0.15) is 11.8 Å². The molecular weight excluding hydrogens is 489 g/mol. The van der Waals surface area contributed by atoms with Crippen molar-refractivity contribution in [3.8, 4) is 5.75 Å². The van der Waals surface area contributed by atoms with Gasteiger partial charge in [-0.1, -0.05) is 18.5 Å². The van der Waals surface area contributed by atoms with Crippen LogP contribution < -0.4 is 15.8 Å². The van der Waals surface area contributed by atoms with E-state index in [4.69, 9.17) is 26.8 Å².